The van der Waals surface area contributed by atoms with Gasteiger partial charge in [0.15, 0.2) is 16.6 Å². The van der Waals surface area contributed by atoms with Crippen molar-refractivity contribution < 1.29 is 4.74 Å². The van der Waals surface area contributed by atoms with Crippen molar-refractivity contribution in [2.75, 3.05) is 30.3 Å². The van der Waals surface area contributed by atoms with Crippen LogP contribution in [0, 0.1) is 5.41 Å². The summed E-state index contributed by atoms with van der Waals surface area (Å²) in [5, 5.41) is 1.14. The summed E-state index contributed by atoms with van der Waals surface area (Å²) in [5.74, 6) is 1.35. The summed E-state index contributed by atoms with van der Waals surface area (Å²) in [5.41, 5.74) is 6.46. The molecule has 0 aromatic carbocycles. The highest BCUT2D eigenvalue weighted by atomic mass is 32.1. The maximum absolute atomic E-state index is 5.89. The predicted octanol–water partition coefficient (Wildman–Crippen LogP) is 2.89. The molecule has 2 N–H and O–H groups in total. The first-order valence-electron chi connectivity index (χ1n) is 6.87. The summed E-state index contributed by atoms with van der Waals surface area (Å²) in [7, 11) is 0. The van der Waals surface area contributed by atoms with Crippen LogP contribution in [0.2, 0.25) is 0 Å². The molecule has 100 valence electrons. The Labute approximate surface area is 112 Å². The fraction of sp³-hybridized carbons (Fsp3) is 0.769. The monoisotopic (exact) mass is 267 g/mol. The Hall–Kier alpha value is -0.970. The molecule has 1 spiro atoms. The first kappa shape index (κ1) is 12.1. The zero-order valence-corrected chi connectivity index (χ0v) is 11.8. The fourth-order valence-corrected chi connectivity index (χ4v) is 4.19. The van der Waals surface area contributed by atoms with E-state index in [4.69, 9.17) is 10.5 Å². The molecule has 1 aromatic heterocycles. The molecule has 2 heterocycles. The Morgan fingerprint density at radius 3 is 2.89 bits per heavy atom. The van der Waals surface area contributed by atoms with E-state index >= 15 is 0 Å². The molecule has 5 heteroatoms. The average molecular weight is 267 g/mol. The third-order valence-electron chi connectivity index (χ3n) is 4.34. The Morgan fingerprint density at radius 2 is 2.17 bits per heavy atom. The van der Waals surface area contributed by atoms with E-state index in [9.17, 15) is 0 Å². The Morgan fingerprint density at radius 1 is 1.39 bits per heavy atom. The second kappa shape index (κ2) is 4.61. The van der Waals surface area contributed by atoms with Gasteiger partial charge in [0.05, 0.1) is 6.61 Å². The SMILES string of the molecule is CCOc1c(N)nsc1N1CCC2(CCCC2)C1. The van der Waals surface area contributed by atoms with Gasteiger partial charge in [0.1, 0.15) is 0 Å². The first-order valence-corrected chi connectivity index (χ1v) is 7.64. The van der Waals surface area contributed by atoms with Crippen molar-refractivity contribution >= 4 is 22.4 Å². The van der Waals surface area contributed by atoms with Gasteiger partial charge >= 0.3 is 0 Å². The van der Waals surface area contributed by atoms with Crippen LogP contribution in [0.25, 0.3) is 0 Å². The van der Waals surface area contributed by atoms with Crippen LogP contribution in [-0.4, -0.2) is 24.1 Å². The second-order valence-electron chi connectivity index (χ2n) is 5.51. The molecule has 0 unspecified atom stereocenters. The number of rotatable bonds is 3. The molecule has 0 bridgehead atoms. The summed E-state index contributed by atoms with van der Waals surface area (Å²) in [6, 6.07) is 0. The summed E-state index contributed by atoms with van der Waals surface area (Å²) in [4.78, 5) is 2.43. The van der Waals surface area contributed by atoms with E-state index in [1.54, 1.807) is 0 Å². The van der Waals surface area contributed by atoms with E-state index in [1.807, 2.05) is 6.92 Å². The van der Waals surface area contributed by atoms with Gasteiger partial charge in [0.25, 0.3) is 0 Å². The topological polar surface area (TPSA) is 51.4 Å². The number of anilines is 2. The number of nitrogen functional groups attached to an aromatic ring is 1. The van der Waals surface area contributed by atoms with Crippen LogP contribution >= 0.6 is 11.5 Å². The quantitative estimate of drug-likeness (QED) is 0.915. The number of aromatic nitrogens is 1. The molecule has 4 nitrogen and oxygen atoms in total. The minimum atomic E-state index is 0.546. The number of nitrogens with zero attached hydrogens (tertiary/aromatic N) is 2. The molecule has 1 aliphatic heterocycles. The first-order chi connectivity index (χ1) is 8.74. The van der Waals surface area contributed by atoms with Gasteiger partial charge in [-0.1, -0.05) is 12.8 Å². The van der Waals surface area contributed by atoms with Crippen molar-refractivity contribution in [3.05, 3.63) is 0 Å². The maximum Gasteiger partial charge on any atom is 0.197 e. The molecular weight excluding hydrogens is 246 g/mol. The molecule has 18 heavy (non-hydrogen) atoms. The molecule has 1 saturated carbocycles. The van der Waals surface area contributed by atoms with E-state index in [-0.39, 0.29) is 0 Å². The van der Waals surface area contributed by atoms with E-state index < -0.39 is 0 Å². The lowest BCUT2D eigenvalue weighted by Gasteiger charge is -2.24. The van der Waals surface area contributed by atoms with Crippen LogP contribution in [0.1, 0.15) is 39.0 Å². The van der Waals surface area contributed by atoms with E-state index in [2.05, 4.69) is 9.27 Å². The molecule has 0 amide bonds. The zero-order chi connectivity index (χ0) is 12.6. The molecule has 1 aliphatic carbocycles. The van der Waals surface area contributed by atoms with Crippen molar-refractivity contribution in [3.8, 4) is 5.75 Å². The standard InChI is InChI=1S/C13H21N3OS/c1-2-17-10-11(14)15-18-12(10)16-8-7-13(9-16)5-3-4-6-13/h2-9H2,1H3,(H2,14,15). The number of hydrogen-bond donors (Lipinski definition) is 1. The number of hydrogen-bond acceptors (Lipinski definition) is 5. The highest BCUT2D eigenvalue weighted by Crippen LogP contribution is 2.49. The normalized spacial score (nSPS) is 21.9. The van der Waals surface area contributed by atoms with Crippen molar-refractivity contribution in [1.82, 2.24) is 4.37 Å². The second-order valence-corrected chi connectivity index (χ2v) is 6.27. The molecule has 0 radical (unpaired) electrons. The van der Waals surface area contributed by atoms with E-state index in [1.165, 1.54) is 43.6 Å². The summed E-state index contributed by atoms with van der Waals surface area (Å²) in [6.07, 6.45) is 6.90. The van der Waals surface area contributed by atoms with Crippen LogP contribution in [0.15, 0.2) is 0 Å². The van der Waals surface area contributed by atoms with Crippen molar-refractivity contribution in [2.45, 2.75) is 39.0 Å². The van der Waals surface area contributed by atoms with Gasteiger partial charge in [-0.15, -0.1) is 0 Å². The Bertz CT molecular complexity index is 426. The van der Waals surface area contributed by atoms with Gasteiger partial charge in [-0.3, -0.25) is 0 Å². The van der Waals surface area contributed by atoms with Crippen LogP contribution in [0.3, 0.4) is 0 Å². The molecule has 1 aromatic rings. The summed E-state index contributed by atoms with van der Waals surface area (Å²) >= 11 is 1.48. The lowest BCUT2D eigenvalue weighted by atomic mass is 9.86. The number of ether oxygens (including phenoxy) is 1. The summed E-state index contributed by atoms with van der Waals surface area (Å²) < 4.78 is 9.90. The Kier molecular flexibility index (Phi) is 3.09. The summed E-state index contributed by atoms with van der Waals surface area (Å²) in [6.45, 7) is 4.92. The highest BCUT2D eigenvalue weighted by Gasteiger charge is 2.41. The van der Waals surface area contributed by atoms with Crippen molar-refractivity contribution in [2.24, 2.45) is 5.41 Å². The van der Waals surface area contributed by atoms with Gasteiger partial charge in [-0.05, 0) is 43.1 Å². The molecule has 1 saturated heterocycles. The molecule has 2 aliphatic rings. The molecular formula is C13H21N3OS. The Balaban J connectivity index is 1.79. The van der Waals surface area contributed by atoms with Crippen LogP contribution in [0.4, 0.5) is 10.8 Å². The van der Waals surface area contributed by atoms with Gasteiger partial charge in [-0.2, -0.15) is 4.37 Å². The van der Waals surface area contributed by atoms with Gasteiger partial charge in [0.2, 0.25) is 0 Å². The molecule has 2 fully saturated rings. The third-order valence-corrected chi connectivity index (χ3v) is 5.24. The fourth-order valence-electron chi connectivity index (χ4n) is 3.41. The van der Waals surface area contributed by atoms with Gasteiger partial charge in [0, 0.05) is 13.1 Å². The predicted molar refractivity (Wildman–Crippen MR) is 75.4 cm³/mol. The lowest BCUT2D eigenvalue weighted by Crippen LogP contribution is -2.24. The molecule has 0 atom stereocenters. The number of nitrogens with two attached hydrogens (primary N) is 1. The third kappa shape index (κ3) is 1.94. The average Bonchev–Trinajstić information content (AvgIpc) is 3.05. The largest absolute Gasteiger partial charge is 0.487 e. The van der Waals surface area contributed by atoms with Gasteiger partial charge in [-0.25, -0.2) is 0 Å². The van der Waals surface area contributed by atoms with E-state index in [0.29, 0.717) is 17.8 Å². The lowest BCUT2D eigenvalue weighted by molar-refractivity contribution is 0.336. The van der Waals surface area contributed by atoms with Gasteiger partial charge < -0.3 is 15.4 Å². The zero-order valence-electron chi connectivity index (χ0n) is 10.9. The minimum absolute atomic E-state index is 0.546. The van der Waals surface area contributed by atoms with Crippen molar-refractivity contribution in [3.63, 3.8) is 0 Å². The van der Waals surface area contributed by atoms with Crippen molar-refractivity contribution in [1.29, 1.82) is 0 Å². The van der Waals surface area contributed by atoms with Crippen LogP contribution < -0.4 is 15.4 Å². The van der Waals surface area contributed by atoms with E-state index in [0.717, 1.165) is 23.8 Å². The molecule has 3 rings (SSSR count). The van der Waals surface area contributed by atoms with Crippen LogP contribution in [-0.2, 0) is 0 Å². The maximum atomic E-state index is 5.89. The minimum Gasteiger partial charge on any atom is -0.487 e. The highest BCUT2D eigenvalue weighted by molar-refractivity contribution is 7.11. The van der Waals surface area contributed by atoms with Crippen LogP contribution in [0.5, 0.6) is 5.75 Å². The smallest absolute Gasteiger partial charge is 0.197 e.